The number of ether oxygens (including phenoxy) is 1. The number of hydrogen-bond donors (Lipinski definition) is 1. The van der Waals surface area contributed by atoms with Crippen molar-refractivity contribution in [2.24, 2.45) is 5.73 Å². The number of benzene rings is 1. The highest BCUT2D eigenvalue weighted by Gasteiger charge is 2.30. The van der Waals surface area contributed by atoms with Gasteiger partial charge in [0.2, 0.25) is 10.0 Å². The van der Waals surface area contributed by atoms with Gasteiger partial charge in [-0.15, -0.1) is 12.4 Å². The van der Waals surface area contributed by atoms with Crippen LogP contribution in [0.3, 0.4) is 0 Å². The van der Waals surface area contributed by atoms with Crippen molar-refractivity contribution in [2.75, 3.05) is 26.2 Å². The molecule has 0 amide bonds. The summed E-state index contributed by atoms with van der Waals surface area (Å²) in [6.45, 7) is 7.72. The van der Waals surface area contributed by atoms with Gasteiger partial charge in [-0.3, -0.25) is 0 Å². The zero-order chi connectivity index (χ0) is 15.7. The molecule has 1 unspecified atom stereocenters. The molecule has 1 aromatic carbocycles. The van der Waals surface area contributed by atoms with Gasteiger partial charge in [-0.25, -0.2) is 8.42 Å². The summed E-state index contributed by atoms with van der Waals surface area (Å²) < 4.78 is 32.2. The Kier molecular flexibility index (Phi) is 6.41. The highest BCUT2D eigenvalue weighted by atomic mass is 35.5. The van der Waals surface area contributed by atoms with Crippen molar-refractivity contribution in [2.45, 2.75) is 37.2 Å². The molecular weight excluding hydrogens is 324 g/mol. The molecule has 0 radical (unpaired) electrons. The molecule has 0 aliphatic carbocycles. The maximum atomic E-state index is 12.6. The smallest absolute Gasteiger partial charge is 0.243 e. The third-order valence-electron chi connectivity index (χ3n) is 3.72. The third kappa shape index (κ3) is 4.20. The molecule has 1 heterocycles. The Morgan fingerprint density at radius 1 is 1.27 bits per heavy atom. The minimum absolute atomic E-state index is 0. The van der Waals surface area contributed by atoms with Crippen molar-refractivity contribution in [1.29, 1.82) is 0 Å². The van der Waals surface area contributed by atoms with Gasteiger partial charge in [0.25, 0.3) is 0 Å². The zero-order valence-electron chi connectivity index (χ0n) is 13.3. The monoisotopic (exact) mass is 348 g/mol. The van der Waals surface area contributed by atoms with Gasteiger partial charge >= 0.3 is 0 Å². The van der Waals surface area contributed by atoms with Gasteiger partial charge < -0.3 is 10.5 Å². The Hall–Kier alpha value is -0.660. The first-order valence-corrected chi connectivity index (χ1v) is 8.61. The molecule has 0 saturated carbocycles. The molecule has 1 aliphatic rings. The topological polar surface area (TPSA) is 72.6 Å². The predicted molar refractivity (Wildman–Crippen MR) is 89.9 cm³/mol. The van der Waals surface area contributed by atoms with Gasteiger partial charge in [0, 0.05) is 19.6 Å². The molecule has 1 aromatic rings. The minimum Gasteiger partial charge on any atom is -0.374 e. The van der Waals surface area contributed by atoms with E-state index in [-0.39, 0.29) is 23.9 Å². The predicted octanol–water partition coefficient (Wildman–Crippen LogP) is 1.75. The van der Waals surface area contributed by atoms with Crippen molar-refractivity contribution in [3.8, 4) is 0 Å². The van der Waals surface area contributed by atoms with Crippen LogP contribution in [0.15, 0.2) is 29.2 Å². The number of nitrogens with two attached hydrogens (primary N) is 1. The SMILES string of the molecule is CC(C)(C)c1ccc(S(=O)(=O)N2CCOC(CN)C2)cc1.Cl. The van der Waals surface area contributed by atoms with Gasteiger partial charge in [-0.1, -0.05) is 32.9 Å². The van der Waals surface area contributed by atoms with Crippen LogP contribution in [0.5, 0.6) is 0 Å². The maximum Gasteiger partial charge on any atom is 0.243 e. The second-order valence-electron chi connectivity index (χ2n) is 6.37. The van der Waals surface area contributed by atoms with Crippen LogP contribution >= 0.6 is 12.4 Å². The third-order valence-corrected chi connectivity index (χ3v) is 5.60. The fourth-order valence-corrected chi connectivity index (χ4v) is 3.78. The van der Waals surface area contributed by atoms with E-state index in [1.807, 2.05) is 12.1 Å². The molecule has 0 spiro atoms. The summed E-state index contributed by atoms with van der Waals surface area (Å²) in [4.78, 5) is 0.327. The molecule has 22 heavy (non-hydrogen) atoms. The van der Waals surface area contributed by atoms with Gasteiger partial charge in [-0.2, -0.15) is 4.31 Å². The van der Waals surface area contributed by atoms with E-state index in [1.54, 1.807) is 12.1 Å². The first-order chi connectivity index (χ1) is 9.75. The highest BCUT2D eigenvalue weighted by molar-refractivity contribution is 7.89. The molecule has 1 atom stereocenters. The van der Waals surface area contributed by atoms with Crippen LogP contribution in [0.2, 0.25) is 0 Å². The van der Waals surface area contributed by atoms with Crippen LogP contribution < -0.4 is 5.73 Å². The minimum atomic E-state index is -3.47. The standard InChI is InChI=1S/C15H24N2O3S.ClH/c1-15(2,3)12-4-6-14(7-5-12)21(18,19)17-8-9-20-13(10-16)11-17;/h4-7,13H,8-11,16H2,1-3H3;1H. The second-order valence-corrected chi connectivity index (χ2v) is 8.30. The number of morpholine rings is 1. The lowest BCUT2D eigenvalue weighted by Gasteiger charge is -2.31. The summed E-state index contributed by atoms with van der Waals surface area (Å²) in [7, 11) is -3.47. The van der Waals surface area contributed by atoms with Crippen molar-refractivity contribution >= 4 is 22.4 Å². The Balaban J connectivity index is 0.00000242. The quantitative estimate of drug-likeness (QED) is 0.903. The van der Waals surface area contributed by atoms with Gasteiger partial charge in [0.05, 0.1) is 17.6 Å². The fraction of sp³-hybridized carbons (Fsp3) is 0.600. The summed E-state index contributed by atoms with van der Waals surface area (Å²) in [6.07, 6.45) is -0.220. The van der Waals surface area contributed by atoms with Crippen LogP contribution in [0, 0.1) is 0 Å². The first kappa shape index (κ1) is 19.4. The second kappa shape index (κ2) is 7.27. The van der Waals surface area contributed by atoms with Crippen molar-refractivity contribution < 1.29 is 13.2 Å². The summed E-state index contributed by atoms with van der Waals surface area (Å²) in [5, 5.41) is 0. The Labute approximate surface area is 139 Å². The average Bonchev–Trinajstić information content (AvgIpc) is 2.46. The molecule has 126 valence electrons. The number of sulfonamides is 1. The van der Waals surface area contributed by atoms with Gasteiger partial charge in [-0.05, 0) is 23.1 Å². The molecule has 2 rings (SSSR count). The molecule has 1 aliphatic heterocycles. The summed E-state index contributed by atoms with van der Waals surface area (Å²) in [6, 6.07) is 7.13. The lowest BCUT2D eigenvalue weighted by molar-refractivity contribution is 0.00450. The fourth-order valence-electron chi connectivity index (χ4n) is 2.33. The molecule has 0 bridgehead atoms. The zero-order valence-corrected chi connectivity index (χ0v) is 14.9. The largest absolute Gasteiger partial charge is 0.374 e. The van der Waals surface area contributed by atoms with Crippen LogP contribution in [0.25, 0.3) is 0 Å². The summed E-state index contributed by atoms with van der Waals surface area (Å²) in [5.74, 6) is 0. The van der Waals surface area contributed by atoms with Crippen molar-refractivity contribution in [1.82, 2.24) is 4.31 Å². The average molecular weight is 349 g/mol. The van der Waals surface area contributed by atoms with E-state index in [9.17, 15) is 8.42 Å². The van der Waals surface area contributed by atoms with Gasteiger partial charge in [0.15, 0.2) is 0 Å². The highest BCUT2D eigenvalue weighted by Crippen LogP contribution is 2.25. The van der Waals surface area contributed by atoms with Crippen LogP contribution in [0.1, 0.15) is 26.3 Å². The van der Waals surface area contributed by atoms with E-state index >= 15 is 0 Å². The molecule has 1 saturated heterocycles. The number of hydrogen-bond acceptors (Lipinski definition) is 4. The molecule has 1 fully saturated rings. The first-order valence-electron chi connectivity index (χ1n) is 7.17. The van der Waals surface area contributed by atoms with Crippen LogP contribution in [0.4, 0.5) is 0 Å². The molecule has 2 N–H and O–H groups in total. The maximum absolute atomic E-state index is 12.6. The molecule has 0 aromatic heterocycles. The van der Waals surface area contributed by atoms with Crippen LogP contribution in [-0.2, 0) is 20.2 Å². The van der Waals surface area contributed by atoms with E-state index < -0.39 is 10.0 Å². The van der Waals surface area contributed by atoms with Crippen molar-refractivity contribution in [3.05, 3.63) is 29.8 Å². The number of halogens is 1. The Morgan fingerprint density at radius 3 is 2.36 bits per heavy atom. The number of nitrogens with zero attached hydrogens (tertiary/aromatic N) is 1. The van der Waals surface area contributed by atoms with Crippen LogP contribution in [-0.4, -0.2) is 45.1 Å². The van der Waals surface area contributed by atoms with E-state index in [1.165, 1.54) is 4.31 Å². The molecule has 7 heteroatoms. The molecule has 5 nitrogen and oxygen atoms in total. The lowest BCUT2D eigenvalue weighted by atomic mass is 9.87. The summed E-state index contributed by atoms with van der Waals surface area (Å²) in [5.41, 5.74) is 6.69. The molecular formula is C15H25ClN2O3S. The lowest BCUT2D eigenvalue weighted by Crippen LogP contribution is -2.48. The van der Waals surface area contributed by atoms with E-state index in [0.717, 1.165) is 5.56 Å². The Bertz CT molecular complexity index is 582. The van der Waals surface area contributed by atoms with Gasteiger partial charge in [0.1, 0.15) is 0 Å². The number of rotatable bonds is 3. The van der Waals surface area contributed by atoms with E-state index in [4.69, 9.17) is 10.5 Å². The van der Waals surface area contributed by atoms with Crippen molar-refractivity contribution in [3.63, 3.8) is 0 Å². The summed E-state index contributed by atoms with van der Waals surface area (Å²) >= 11 is 0. The van der Waals surface area contributed by atoms with E-state index in [2.05, 4.69) is 20.8 Å². The van der Waals surface area contributed by atoms with E-state index in [0.29, 0.717) is 31.1 Å². The normalized spacial score (nSPS) is 20.5. The Morgan fingerprint density at radius 2 is 1.86 bits per heavy atom.